The molecule has 0 aliphatic carbocycles. The van der Waals surface area contributed by atoms with E-state index >= 15 is 0 Å². The summed E-state index contributed by atoms with van der Waals surface area (Å²) in [6.07, 6.45) is 12.1. The molecule has 0 radical (unpaired) electrons. The van der Waals surface area contributed by atoms with Crippen molar-refractivity contribution in [3.05, 3.63) is 42.1 Å². The lowest BCUT2D eigenvalue weighted by atomic mass is 9.87. The zero-order chi connectivity index (χ0) is 28.2. The molecule has 1 N–H and O–H groups in total. The zero-order valence-electron chi connectivity index (χ0n) is 24.7. The van der Waals surface area contributed by atoms with Crippen molar-refractivity contribution >= 4 is 21.8 Å². The van der Waals surface area contributed by atoms with E-state index in [9.17, 15) is 8.42 Å². The molecule has 3 aliphatic heterocycles. The van der Waals surface area contributed by atoms with Crippen LogP contribution >= 0.6 is 0 Å². The maximum Gasteiger partial charge on any atom is 0.243 e. The first-order chi connectivity index (χ1) is 19.2. The van der Waals surface area contributed by atoms with Crippen LogP contribution < -0.4 is 10.2 Å². The van der Waals surface area contributed by atoms with Crippen LogP contribution in [0.1, 0.15) is 84.1 Å². The molecule has 40 heavy (non-hydrogen) atoms. The van der Waals surface area contributed by atoms with Crippen molar-refractivity contribution < 1.29 is 8.42 Å². The Morgan fingerprint density at radius 3 is 2.17 bits per heavy atom. The molecule has 0 bridgehead atoms. The van der Waals surface area contributed by atoms with E-state index in [4.69, 9.17) is 4.98 Å². The molecule has 2 aromatic rings. The highest BCUT2D eigenvalue weighted by molar-refractivity contribution is 7.89. The highest BCUT2D eigenvalue weighted by Crippen LogP contribution is 2.28. The van der Waals surface area contributed by atoms with Gasteiger partial charge in [-0.1, -0.05) is 52.2 Å². The van der Waals surface area contributed by atoms with E-state index in [1.54, 1.807) is 16.4 Å². The van der Waals surface area contributed by atoms with Crippen molar-refractivity contribution in [2.75, 3.05) is 49.5 Å². The van der Waals surface area contributed by atoms with E-state index in [-0.39, 0.29) is 5.41 Å². The minimum atomic E-state index is -3.47. The van der Waals surface area contributed by atoms with Gasteiger partial charge in [-0.25, -0.2) is 13.4 Å². The Bertz CT molecular complexity index is 1200. The van der Waals surface area contributed by atoms with Crippen LogP contribution in [0.2, 0.25) is 0 Å². The molecule has 3 aliphatic rings. The van der Waals surface area contributed by atoms with Crippen LogP contribution in [0.5, 0.6) is 0 Å². The van der Waals surface area contributed by atoms with Crippen molar-refractivity contribution in [2.45, 2.75) is 101 Å². The predicted octanol–water partition coefficient (Wildman–Crippen LogP) is 5.27. The van der Waals surface area contributed by atoms with Gasteiger partial charge >= 0.3 is 0 Å². The van der Waals surface area contributed by atoms with E-state index < -0.39 is 10.0 Å². The Morgan fingerprint density at radius 1 is 0.825 bits per heavy atom. The number of hydrogen-bond donors (Lipinski definition) is 1. The molecule has 1 unspecified atom stereocenters. The van der Waals surface area contributed by atoms with Gasteiger partial charge in [0.15, 0.2) is 0 Å². The van der Waals surface area contributed by atoms with Gasteiger partial charge in [-0.15, -0.1) is 0 Å². The summed E-state index contributed by atoms with van der Waals surface area (Å²) in [5.74, 6) is 1.76. The molecule has 220 valence electrons. The van der Waals surface area contributed by atoms with Crippen LogP contribution in [0.4, 0.5) is 11.8 Å². The molecule has 9 heteroatoms. The first-order valence-electron chi connectivity index (χ1n) is 15.4. The van der Waals surface area contributed by atoms with Crippen LogP contribution in [-0.4, -0.2) is 78.9 Å². The van der Waals surface area contributed by atoms with Gasteiger partial charge in [0.2, 0.25) is 16.0 Å². The summed E-state index contributed by atoms with van der Waals surface area (Å²) in [4.78, 5) is 14.9. The van der Waals surface area contributed by atoms with Crippen molar-refractivity contribution in [1.82, 2.24) is 19.2 Å². The van der Waals surface area contributed by atoms with Gasteiger partial charge in [-0.05, 0) is 74.2 Å². The summed E-state index contributed by atoms with van der Waals surface area (Å²) in [7, 11) is -3.47. The quantitative estimate of drug-likeness (QED) is 0.508. The standard InChI is InChI=1S/C31H48N6O2S/c1-31(2,3)25-11-13-28(14-12-25)40(38,39)37-22-16-27(17-23-37)36-21-9-6-10-26(24-36)33-30-32-18-15-29(34-30)35-19-7-4-5-8-20-35/h11-15,18,26-27H,4-10,16-17,19-24H2,1-3H3,(H,32,33,34). The van der Waals surface area contributed by atoms with Gasteiger partial charge in [-0.3, -0.25) is 4.90 Å². The first kappa shape index (κ1) is 29.3. The van der Waals surface area contributed by atoms with Crippen LogP contribution in [0.15, 0.2) is 41.4 Å². The Kier molecular flexibility index (Phi) is 9.32. The van der Waals surface area contributed by atoms with Crippen molar-refractivity contribution in [2.24, 2.45) is 0 Å². The number of rotatable bonds is 6. The third kappa shape index (κ3) is 7.15. The molecule has 4 heterocycles. The SMILES string of the molecule is CC(C)(C)c1ccc(S(=O)(=O)N2CCC(N3CCCCC(Nc4nccc(N5CCCCCC5)n4)C3)CC2)cc1. The molecular formula is C31H48N6O2S. The largest absolute Gasteiger partial charge is 0.356 e. The molecule has 8 nitrogen and oxygen atoms in total. The number of sulfonamides is 1. The summed E-state index contributed by atoms with van der Waals surface area (Å²) in [5.41, 5.74) is 1.15. The predicted molar refractivity (Wildman–Crippen MR) is 162 cm³/mol. The summed E-state index contributed by atoms with van der Waals surface area (Å²) in [6.45, 7) is 11.7. The number of hydrogen-bond acceptors (Lipinski definition) is 7. The maximum atomic E-state index is 13.4. The second kappa shape index (κ2) is 12.7. The molecule has 3 fully saturated rings. The van der Waals surface area contributed by atoms with Crippen molar-refractivity contribution in [3.8, 4) is 0 Å². The van der Waals surface area contributed by atoms with Gasteiger partial charge < -0.3 is 10.2 Å². The number of benzene rings is 1. The third-order valence-electron chi connectivity index (χ3n) is 8.90. The van der Waals surface area contributed by atoms with Crippen LogP contribution in [0.3, 0.4) is 0 Å². The Morgan fingerprint density at radius 2 is 1.50 bits per heavy atom. The van der Waals surface area contributed by atoms with Crippen LogP contribution in [-0.2, 0) is 15.4 Å². The number of nitrogens with zero attached hydrogens (tertiary/aromatic N) is 5. The Labute approximate surface area is 241 Å². The van der Waals surface area contributed by atoms with Gasteiger partial charge in [0.25, 0.3) is 0 Å². The number of piperidine rings is 1. The molecule has 5 rings (SSSR count). The monoisotopic (exact) mass is 568 g/mol. The first-order valence-corrected chi connectivity index (χ1v) is 16.8. The van der Waals surface area contributed by atoms with E-state index in [2.05, 4.69) is 40.9 Å². The molecule has 0 amide bonds. The van der Waals surface area contributed by atoms with E-state index in [1.165, 1.54) is 38.5 Å². The lowest BCUT2D eigenvalue weighted by Crippen LogP contribution is -2.49. The van der Waals surface area contributed by atoms with Gasteiger partial charge in [0, 0.05) is 51.0 Å². The Hall–Kier alpha value is -2.23. The fourth-order valence-corrected chi connectivity index (χ4v) is 7.89. The average molecular weight is 569 g/mol. The Balaban J connectivity index is 1.18. The fraction of sp³-hybridized carbons (Fsp3) is 0.677. The molecule has 0 spiro atoms. The highest BCUT2D eigenvalue weighted by atomic mass is 32.2. The topological polar surface area (TPSA) is 81.7 Å². The number of likely N-dealkylation sites (tertiary alicyclic amines) is 1. The molecule has 3 saturated heterocycles. The van der Waals surface area contributed by atoms with E-state index in [1.807, 2.05) is 24.4 Å². The minimum absolute atomic E-state index is 0.00216. The lowest BCUT2D eigenvalue weighted by Gasteiger charge is -2.38. The van der Waals surface area contributed by atoms with Gasteiger partial charge in [0.1, 0.15) is 5.82 Å². The average Bonchev–Trinajstić information content (AvgIpc) is 3.37. The molecule has 1 atom stereocenters. The molecular weight excluding hydrogens is 520 g/mol. The maximum absolute atomic E-state index is 13.4. The summed E-state index contributed by atoms with van der Waals surface area (Å²) in [6, 6.07) is 10.2. The van der Waals surface area contributed by atoms with Gasteiger partial charge in [0.05, 0.1) is 4.90 Å². The minimum Gasteiger partial charge on any atom is -0.356 e. The zero-order valence-corrected chi connectivity index (χ0v) is 25.5. The highest BCUT2D eigenvalue weighted by Gasteiger charge is 2.33. The number of nitrogens with one attached hydrogen (secondary N) is 1. The number of anilines is 2. The van der Waals surface area contributed by atoms with E-state index in [0.29, 0.717) is 30.1 Å². The molecule has 0 saturated carbocycles. The summed E-state index contributed by atoms with van der Waals surface area (Å²) < 4.78 is 28.5. The summed E-state index contributed by atoms with van der Waals surface area (Å²) >= 11 is 0. The van der Waals surface area contributed by atoms with Crippen LogP contribution in [0.25, 0.3) is 0 Å². The normalized spacial score (nSPS) is 23.0. The third-order valence-corrected chi connectivity index (χ3v) is 10.8. The van der Waals surface area contributed by atoms with Crippen molar-refractivity contribution in [3.63, 3.8) is 0 Å². The molecule has 1 aromatic carbocycles. The smallest absolute Gasteiger partial charge is 0.243 e. The van der Waals surface area contributed by atoms with Crippen molar-refractivity contribution in [1.29, 1.82) is 0 Å². The second-order valence-electron chi connectivity index (χ2n) is 12.9. The lowest BCUT2D eigenvalue weighted by molar-refractivity contribution is 0.140. The molecule has 1 aromatic heterocycles. The number of aromatic nitrogens is 2. The fourth-order valence-electron chi connectivity index (χ4n) is 6.42. The second-order valence-corrected chi connectivity index (χ2v) is 14.8. The summed E-state index contributed by atoms with van der Waals surface area (Å²) in [5, 5.41) is 3.66. The van der Waals surface area contributed by atoms with E-state index in [0.717, 1.165) is 62.8 Å². The van der Waals surface area contributed by atoms with Gasteiger partial charge in [-0.2, -0.15) is 9.29 Å². The van der Waals surface area contributed by atoms with Crippen LogP contribution in [0, 0.1) is 0 Å².